The number of nitrogens with one attached hydrogen (secondary N) is 1. The molecule has 8 nitrogen and oxygen atoms in total. The molecule has 1 aliphatic rings. The summed E-state index contributed by atoms with van der Waals surface area (Å²) in [5, 5.41) is 4.37. The molecule has 0 saturated carbocycles. The molecule has 0 aliphatic carbocycles. The second-order valence-corrected chi connectivity index (χ2v) is 7.21. The van der Waals surface area contributed by atoms with Crippen LogP contribution in [0.25, 0.3) is 10.2 Å². The van der Waals surface area contributed by atoms with Gasteiger partial charge in [0, 0.05) is 26.2 Å². The predicted molar refractivity (Wildman–Crippen MR) is 107 cm³/mol. The molecule has 1 aromatic carbocycles. The molecule has 3 rings (SSSR count). The van der Waals surface area contributed by atoms with Crippen LogP contribution in [-0.4, -0.2) is 71.9 Å². The number of benzene rings is 1. The second-order valence-electron chi connectivity index (χ2n) is 5.80. The Labute approximate surface area is 166 Å². The first-order chi connectivity index (χ1) is 13.0. The number of hydrogen-bond acceptors (Lipinski definition) is 7. The Hall–Kier alpha value is -2.46. The van der Waals surface area contributed by atoms with E-state index in [-0.39, 0.29) is 12.1 Å². The van der Waals surface area contributed by atoms with Gasteiger partial charge in [-0.1, -0.05) is 11.3 Å². The average molecular weight is 409 g/mol. The first kappa shape index (κ1) is 19.3. The normalized spacial score (nSPS) is 14.1. The van der Waals surface area contributed by atoms with E-state index in [1.54, 1.807) is 30.0 Å². The van der Waals surface area contributed by atoms with Crippen molar-refractivity contribution in [2.45, 2.75) is 6.92 Å². The molecular formula is C17H20N4O4S2. The van der Waals surface area contributed by atoms with Crippen LogP contribution in [0.4, 0.5) is 9.93 Å². The van der Waals surface area contributed by atoms with Crippen molar-refractivity contribution >= 4 is 56.1 Å². The summed E-state index contributed by atoms with van der Waals surface area (Å²) in [4.78, 5) is 31.6. The van der Waals surface area contributed by atoms with Crippen molar-refractivity contribution in [3.63, 3.8) is 0 Å². The maximum Gasteiger partial charge on any atom is 0.409 e. The van der Waals surface area contributed by atoms with Crippen molar-refractivity contribution in [1.82, 2.24) is 14.8 Å². The van der Waals surface area contributed by atoms with Gasteiger partial charge in [-0.3, -0.25) is 0 Å². The van der Waals surface area contributed by atoms with Crippen molar-refractivity contribution < 1.29 is 19.1 Å². The maximum atomic E-state index is 11.8. The van der Waals surface area contributed by atoms with Gasteiger partial charge in [0.25, 0.3) is 0 Å². The third-order valence-electron chi connectivity index (χ3n) is 4.12. The van der Waals surface area contributed by atoms with Crippen molar-refractivity contribution in [1.29, 1.82) is 0 Å². The topological polar surface area (TPSA) is 84.0 Å². The molecule has 1 fully saturated rings. The van der Waals surface area contributed by atoms with Crippen molar-refractivity contribution in [2.24, 2.45) is 0 Å². The Morgan fingerprint density at radius 3 is 2.63 bits per heavy atom. The van der Waals surface area contributed by atoms with E-state index < -0.39 is 0 Å². The Bertz CT molecular complexity index is 862. The number of methoxy groups -OCH3 is 1. The van der Waals surface area contributed by atoms with E-state index in [1.165, 1.54) is 18.4 Å². The monoisotopic (exact) mass is 408 g/mol. The fraction of sp³-hybridized carbons (Fsp3) is 0.412. The molecule has 1 saturated heterocycles. The molecule has 1 N–H and O–H groups in total. The van der Waals surface area contributed by atoms with Crippen molar-refractivity contribution in [3.05, 3.63) is 23.8 Å². The first-order valence-corrected chi connectivity index (χ1v) is 9.71. The zero-order valence-electron chi connectivity index (χ0n) is 15.1. The van der Waals surface area contributed by atoms with Gasteiger partial charge >= 0.3 is 12.1 Å². The van der Waals surface area contributed by atoms with Crippen molar-refractivity contribution in [3.8, 4) is 0 Å². The standard InChI is InChI=1S/C17H20N4O4S2/c1-3-25-17(23)21-8-6-20(7-9-21)16(26)19-15-18-12-5-4-11(14(22)24-2)10-13(12)27-15/h4-5,10H,3,6-9H2,1-2H3,(H,18,19,26). The Morgan fingerprint density at radius 2 is 1.96 bits per heavy atom. The maximum absolute atomic E-state index is 11.8. The molecule has 1 aromatic heterocycles. The van der Waals surface area contributed by atoms with Gasteiger partial charge in [0.05, 0.1) is 29.5 Å². The molecule has 0 unspecified atom stereocenters. The number of fused-ring (bicyclic) bond motifs is 1. The Kier molecular flexibility index (Phi) is 6.07. The zero-order valence-corrected chi connectivity index (χ0v) is 16.7. The van der Waals surface area contributed by atoms with E-state index in [2.05, 4.69) is 10.3 Å². The van der Waals surface area contributed by atoms with Crippen LogP contribution in [0, 0.1) is 0 Å². The number of hydrogen-bond donors (Lipinski definition) is 1. The van der Waals surface area contributed by atoms with Gasteiger partial charge in [-0.15, -0.1) is 0 Å². The molecule has 10 heteroatoms. The number of piperazine rings is 1. The minimum Gasteiger partial charge on any atom is -0.465 e. The molecule has 1 aliphatic heterocycles. The minimum absolute atomic E-state index is 0.288. The molecule has 27 heavy (non-hydrogen) atoms. The summed E-state index contributed by atoms with van der Waals surface area (Å²) in [5.41, 5.74) is 1.27. The predicted octanol–water partition coefficient (Wildman–Crippen LogP) is 2.55. The van der Waals surface area contributed by atoms with Gasteiger partial charge < -0.3 is 24.6 Å². The number of ether oxygens (including phenoxy) is 2. The van der Waals surface area contributed by atoms with Crippen LogP contribution in [0.2, 0.25) is 0 Å². The highest BCUT2D eigenvalue weighted by molar-refractivity contribution is 7.80. The highest BCUT2D eigenvalue weighted by Gasteiger charge is 2.23. The molecule has 2 heterocycles. The van der Waals surface area contributed by atoms with E-state index in [1.807, 2.05) is 4.90 Å². The minimum atomic E-state index is -0.380. The van der Waals surface area contributed by atoms with Crippen LogP contribution >= 0.6 is 23.6 Å². The second kappa shape index (κ2) is 8.49. The molecule has 0 spiro atoms. The van der Waals surface area contributed by atoms with Crippen LogP contribution in [0.5, 0.6) is 0 Å². The summed E-state index contributed by atoms with van der Waals surface area (Å²) in [6.07, 6.45) is -0.288. The summed E-state index contributed by atoms with van der Waals surface area (Å²) in [5.74, 6) is -0.380. The Balaban J connectivity index is 1.61. The van der Waals surface area contributed by atoms with Crippen molar-refractivity contribution in [2.75, 3.05) is 45.2 Å². The van der Waals surface area contributed by atoms with Gasteiger partial charge in [0.2, 0.25) is 0 Å². The summed E-state index contributed by atoms with van der Waals surface area (Å²) < 4.78 is 10.6. The van der Waals surface area contributed by atoms with Gasteiger partial charge in [0.1, 0.15) is 0 Å². The van der Waals surface area contributed by atoms with Crippen LogP contribution in [0.3, 0.4) is 0 Å². The molecule has 144 valence electrons. The van der Waals surface area contributed by atoms with Gasteiger partial charge in [0.15, 0.2) is 10.2 Å². The van der Waals surface area contributed by atoms with E-state index in [0.29, 0.717) is 48.6 Å². The quantitative estimate of drug-likeness (QED) is 0.613. The number of anilines is 1. The van der Waals surface area contributed by atoms with E-state index in [9.17, 15) is 9.59 Å². The number of thiocarbonyl (C=S) groups is 1. The lowest BCUT2D eigenvalue weighted by atomic mass is 10.2. The van der Waals surface area contributed by atoms with Crippen LogP contribution in [-0.2, 0) is 9.47 Å². The van der Waals surface area contributed by atoms with Crippen LogP contribution in [0.1, 0.15) is 17.3 Å². The molecule has 2 aromatic rings. The van der Waals surface area contributed by atoms with Gasteiger partial charge in [-0.2, -0.15) is 0 Å². The Morgan fingerprint density at radius 1 is 1.26 bits per heavy atom. The van der Waals surface area contributed by atoms with Crippen LogP contribution < -0.4 is 5.32 Å². The largest absolute Gasteiger partial charge is 0.465 e. The summed E-state index contributed by atoms with van der Waals surface area (Å²) >= 11 is 6.89. The number of rotatable bonds is 3. The van der Waals surface area contributed by atoms with Gasteiger partial charge in [-0.05, 0) is 37.3 Å². The number of aromatic nitrogens is 1. The number of amides is 1. The number of carbonyl (C=O) groups is 2. The summed E-state index contributed by atoms with van der Waals surface area (Å²) in [6.45, 7) is 4.53. The number of thiazole rings is 1. The number of nitrogens with zero attached hydrogens (tertiary/aromatic N) is 3. The molecule has 0 atom stereocenters. The lowest BCUT2D eigenvalue weighted by molar-refractivity contribution is 0.0601. The lowest BCUT2D eigenvalue weighted by Gasteiger charge is -2.35. The SMILES string of the molecule is CCOC(=O)N1CCN(C(=S)Nc2nc3ccc(C(=O)OC)cc3s2)CC1. The summed E-state index contributed by atoms with van der Waals surface area (Å²) in [6, 6.07) is 5.22. The lowest BCUT2D eigenvalue weighted by Crippen LogP contribution is -2.51. The van der Waals surface area contributed by atoms with E-state index in [0.717, 1.165) is 10.2 Å². The zero-order chi connectivity index (χ0) is 19.4. The average Bonchev–Trinajstić information content (AvgIpc) is 3.08. The number of carbonyl (C=O) groups excluding carboxylic acids is 2. The first-order valence-electron chi connectivity index (χ1n) is 8.48. The summed E-state index contributed by atoms with van der Waals surface area (Å²) in [7, 11) is 1.35. The van der Waals surface area contributed by atoms with Gasteiger partial charge in [-0.25, -0.2) is 14.6 Å². The number of esters is 1. The fourth-order valence-corrected chi connectivity index (χ4v) is 3.95. The molecule has 1 amide bonds. The van der Waals surface area contributed by atoms with E-state index >= 15 is 0 Å². The highest BCUT2D eigenvalue weighted by Crippen LogP contribution is 2.27. The highest BCUT2D eigenvalue weighted by atomic mass is 32.1. The molecular weight excluding hydrogens is 388 g/mol. The third kappa shape index (κ3) is 4.45. The third-order valence-corrected chi connectivity index (χ3v) is 5.41. The molecule has 0 bridgehead atoms. The molecule has 0 radical (unpaired) electrons. The smallest absolute Gasteiger partial charge is 0.409 e. The van der Waals surface area contributed by atoms with E-state index in [4.69, 9.17) is 21.7 Å². The fourth-order valence-electron chi connectivity index (χ4n) is 2.70. The van der Waals surface area contributed by atoms with Crippen LogP contribution in [0.15, 0.2) is 18.2 Å².